The third-order valence-corrected chi connectivity index (χ3v) is 2.82. The molecule has 0 spiro atoms. The lowest BCUT2D eigenvalue weighted by Crippen LogP contribution is -2.26. The van der Waals surface area contributed by atoms with E-state index < -0.39 is 0 Å². The normalized spacial score (nSPS) is 11.5. The van der Waals surface area contributed by atoms with Gasteiger partial charge in [0.1, 0.15) is 0 Å². The first-order valence-corrected chi connectivity index (χ1v) is 5.66. The van der Waals surface area contributed by atoms with E-state index in [0.717, 1.165) is 12.0 Å². The number of hydrogen-bond acceptors (Lipinski definition) is 2. The molecule has 2 heteroatoms. The molecule has 0 unspecified atom stereocenters. The van der Waals surface area contributed by atoms with Crippen LogP contribution in [0.1, 0.15) is 43.1 Å². The quantitative estimate of drug-likeness (QED) is 0.712. The number of hydrogen-bond donors (Lipinski definition) is 0. The molecule has 0 aromatic heterocycles. The van der Waals surface area contributed by atoms with Crippen LogP contribution in [0, 0.1) is 0 Å². The number of ketones is 1. The Morgan fingerprint density at radius 1 is 1.25 bits per heavy atom. The van der Waals surface area contributed by atoms with Gasteiger partial charge in [0.15, 0.2) is 5.78 Å². The number of aryl methyl sites for hydroxylation is 1. The second-order valence-electron chi connectivity index (χ2n) is 4.61. The van der Waals surface area contributed by atoms with Crippen LogP contribution in [0.4, 0.5) is 0 Å². The number of Topliss-reactive ketones (excluding diaryl/α,β-unsaturated/α-hetero) is 1. The van der Waals surface area contributed by atoms with Gasteiger partial charge >= 0.3 is 0 Å². The predicted octanol–water partition coefficient (Wildman–Crippen LogP) is 3.25. The Balaban J connectivity index is 2.73. The molecule has 16 heavy (non-hydrogen) atoms. The average Bonchev–Trinajstić information content (AvgIpc) is 2.28. The van der Waals surface area contributed by atoms with Crippen molar-refractivity contribution in [2.24, 2.45) is 0 Å². The van der Waals surface area contributed by atoms with E-state index in [1.54, 1.807) is 7.11 Å². The molecule has 0 saturated carbocycles. The zero-order chi connectivity index (χ0) is 12.2. The maximum Gasteiger partial charge on any atom is 0.165 e. The van der Waals surface area contributed by atoms with Gasteiger partial charge in [-0.3, -0.25) is 4.79 Å². The summed E-state index contributed by atoms with van der Waals surface area (Å²) in [5, 5.41) is 0. The van der Waals surface area contributed by atoms with Gasteiger partial charge in [-0.15, -0.1) is 0 Å². The molecular formula is C14H20O2. The maximum atomic E-state index is 11.9. The van der Waals surface area contributed by atoms with Gasteiger partial charge in [0.25, 0.3) is 0 Å². The molecule has 2 nitrogen and oxygen atoms in total. The lowest BCUT2D eigenvalue weighted by molar-refractivity contribution is 0.0172. The van der Waals surface area contributed by atoms with Crippen molar-refractivity contribution in [3.05, 3.63) is 35.4 Å². The minimum Gasteiger partial charge on any atom is -0.378 e. The number of carbonyl (C=O) groups excluding carboxylic acids is 1. The highest BCUT2D eigenvalue weighted by Gasteiger charge is 2.21. The lowest BCUT2D eigenvalue weighted by Gasteiger charge is -2.21. The van der Waals surface area contributed by atoms with Crippen LogP contribution < -0.4 is 0 Å². The summed E-state index contributed by atoms with van der Waals surface area (Å²) in [5.41, 5.74) is 1.63. The number of carbonyl (C=O) groups is 1. The molecule has 0 aliphatic rings. The first-order valence-electron chi connectivity index (χ1n) is 5.66. The van der Waals surface area contributed by atoms with Crippen molar-refractivity contribution in [1.82, 2.24) is 0 Å². The fraction of sp³-hybridized carbons (Fsp3) is 0.500. The molecule has 0 saturated heterocycles. The van der Waals surface area contributed by atoms with Gasteiger partial charge in [0, 0.05) is 19.1 Å². The average molecular weight is 220 g/mol. The topological polar surface area (TPSA) is 26.3 Å². The fourth-order valence-electron chi connectivity index (χ4n) is 1.49. The van der Waals surface area contributed by atoms with Gasteiger partial charge < -0.3 is 4.74 Å². The molecule has 1 aromatic carbocycles. The zero-order valence-electron chi connectivity index (χ0n) is 10.5. The molecule has 0 aliphatic carbocycles. The van der Waals surface area contributed by atoms with Crippen LogP contribution in [0.25, 0.3) is 0 Å². The lowest BCUT2D eigenvalue weighted by atomic mass is 9.96. The van der Waals surface area contributed by atoms with Crippen LogP contribution in [0.2, 0.25) is 0 Å². The second kappa shape index (κ2) is 5.26. The van der Waals surface area contributed by atoms with Crippen LogP contribution in [0.3, 0.4) is 0 Å². The van der Waals surface area contributed by atoms with Crippen LogP contribution in [0.5, 0.6) is 0 Å². The minimum atomic E-state index is -0.388. The van der Waals surface area contributed by atoms with Crippen LogP contribution in [-0.2, 0) is 11.2 Å². The Morgan fingerprint density at radius 2 is 1.81 bits per heavy atom. The van der Waals surface area contributed by atoms with E-state index in [1.807, 2.05) is 38.1 Å². The van der Waals surface area contributed by atoms with Crippen molar-refractivity contribution in [1.29, 1.82) is 0 Å². The van der Waals surface area contributed by atoms with Crippen molar-refractivity contribution in [2.75, 3.05) is 7.11 Å². The first kappa shape index (κ1) is 12.9. The van der Waals surface area contributed by atoms with Crippen LogP contribution in [-0.4, -0.2) is 18.5 Å². The highest BCUT2D eigenvalue weighted by molar-refractivity contribution is 5.96. The van der Waals surface area contributed by atoms with E-state index in [1.165, 1.54) is 5.56 Å². The molecule has 1 rings (SSSR count). The third kappa shape index (κ3) is 3.46. The summed E-state index contributed by atoms with van der Waals surface area (Å²) in [6.07, 6.45) is 1.41. The number of benzene rings is 1. The summed E-state index contributed by atoms with van der Waals surface area (Å²) < 4.78 is 5.25. The van der Waals surface area contributed by atoms with E-state index in [-0.39, 0.29) is 11.4 Å². The summed E-state index contributed by atoms with van der Waals surface area (Å²) in [6, 6.07) is 7.81. The van der Waals surface area contributed by atoms with Crippen molar-refractivity contribution in [3.63, 3.8) is 0 Å². The Labute approximate surface area is 97.6 Å². The molecule has 0 bridgehead atoms. The number of ether oxygens (including phenoxy) is 1. The maximum absolute atomic E-state index is 11.9. The first-order chi connectivity index (χ1) is 7.48. The molecule has 0 atom stereocenters. The van der Waals surface area contributed by atoms with E-state index in [4.69, 9.17) is 4.74 Å². The summed E-state index contributed by atoms with van der Waals surface area (Å²) in [4.78, 5) is 11.9. The van der Waals surface area contributed by atoms with E-state index in [0.29, 0.717) is 6.42 Å². The zero-order valence-corrected chi connectivity index (χ0v) is 10.5. The monoisotopic (exact) mass is 220 g/mol. The van der Waals surface area contributed by atoms with E-state index in [2.05, 4.69) is 6.92 Å². The van der Waals surface area contributed by atoms with Gasteiger partial charge in [0.05, 0.1) is 5.60 Å². The van der Waals surface area contributed by atoms with Crippen molar-refractivity contribution in [2.45, 2.75) is 39.2 Å². The van der Waals surface area contributed by atoms with Gasteiger partial charge in [-0.05, 0) is 25.8 Å². The summed E-state index contributed by atoms with van der Waals surface area (Å²) >= 11 is 0. The third-order valence-electron chi connectivity index (χ3n) is 2.82. The van der Waals surface area contributed by atoms with Crippen molar-refractivity contribution < 1.29 is 9.53 Å². The van der Waals surface area contributed by atoms with E-state index in [9.17, 15) is 4.79 Å². The van der Waals surface area contributed by atoms with Gasteiger partial charge in [-0.2, -0.15) is 0 Å². The summed E-state index contributed by atoms with van der Waals surface area (Å²) in [5.74, 6) is 0.134. The summed E-state index contributed by atoms with van der Waals surface area (Å²) in [7, 11) is 1.63. The Hall–Kier alpha value is -1.15. The molecule has 1 aromatic rings. The van der Waals surface area contributed by atoms with Crippen molar-refractivity contribution >= 4 is 5.78 Å². The second-order valence-corrected chi connectivity index (χ2v) is 4.61. The Morgan fingerprint density at radius 3 is 2.25 bits per heavy atom. The number of rotatable bonds is 5. The highest BCUT2D eigenvalue weighted by atomic mass is 16.5. The highest BCUT2D eigenvalue weighted by Crippen LogP contribution is 2.17. The Bertz CT molecular complexity index is 350. The Kier molecular flexibility index (Phi) is 4.25. The molecule has 88 valence electrons. The minimum absolute atomic E-state index is 0.134. The largest absolute Gasteiger partial charge is 0.378 e. The molecule has 0 radical (unpaired) electrons. The predicted molar refractivity (Wildman–Crippen MR) is 65.9 cm³/mol. The molecule has 0 heterocycles. The molecule has 0 amide bonds. The van der Waals surface area contributed by atoms with Gasteiger partial charge in [0.2, 0.25) is 0 Å². The number of methoxy groups -OCH3 is 1. The fourth-order valence-corrected chi connectivity index (χ4v) is 1.49. The van der Waals surface area contributed by atoms with Gasteiger partial charge in [-0.1, -0.05) is 31.2 Å². The van der Waals surface area contributed by atoms with Crippen molar-refractivity contribution in [3.8, 4) is 0 Å². The van der Waals surface area contributed by atoms with Crippen LogP contribution >= 0.6 is 0 Å². The molecule has 0 N–H and O–H groups in total. The SMILES string of the molecule is CCc1ccc(C(=O)CC(C)(C)OC)cc1. The molecular weight excluding hydrogens is 200 g/mol. The van der Waals surface area contributed by atoms with Crippen LogP contribution in [0.15, 0.2) is 24.3 Å². The molecule has 0 fully saturated rings. The smallest absolute Gasteiger partial charge is 0.165 e. The standard InChI is InChI=1S/C14H20O2/c1-5-11-6-8-12(9-7-11)13(15)10-14(2,3)16-4/h6-9H,5,10H2,1-4H3. The molecule has 0 aliphatic heterocycles. The van der Waals surface area contributed by atoms with E-state index >= 15 is 0 Å². The van der Waals surface area contributed by atoms with Gasteiger partial charge in [-0.25, -0.2) is 0 Å². The summed E-state index contributed by atoms with van der Waals surface area (Å²) in [6.45, 7) is 5.95.